The fourth-order valence-corrected chi connectivity index (χ4v) is 2.04. The average Bonchev–Trinajstić information content (AvgIpc) is 2.52. The standard InChI is InChI=1S/C17H20O4/c1-12(18)16-8-7-15(20-3)10-17(16)21-11-13-5-4-6-14(9-13)19-2/h4-10,12,18H,11H2,1-3H3. The molecule has 0 fully saturated rings. The molecule has 4 nitrogen and oxygen atoms in total. The van der Waals surface area contributed by atoms with Gasteiger partial charge in [0.2, 0.25) is 0 Å². The van der Waals surface area contributed by atoms with Crippen LogP contribution < -0.4 is 14.2 Å². The molecule has 2 aromatic rings. The first-order chi connectivity index (χ1) is 10.1. The maximum absolute atomic E-state index is 9.81. The second-order valence-electron chi connectivity index (χ2n) is 4.72. The molecule has 0 saturated carbocycles. The summed E-state index contributed by atoms with van der Waals surface area (Å²) in [5, 5.41) is 9.81. The molecule has 0 amide bonds. The van der Waals surface area contributed by atoms with Gasteiger partial charge in [-0.3, -0.25) is 0 Å². The number of hydrogen-bond acceptors (Lipinski definition) is 4. The van der Waals surface area contributed by atoms with Gasteiger partial charge in [-0.25, -0.2) is 0 Å². The van der Waals surface area contributed by atoms with Crippen molar-refractivity contribution in [3.8, 4) is 17.2 Å². The molecular weight excluding hydrogens is 268 g/mol. The predicted octanol–water partition coefficient (Wildman–Crippen LogP) is 3.34. The predicted molar refractivity (Wildman–Crippen MR) is 81.0 cm³/mol. The highest BCUT2D eigenvalue weighted by molar-refractivity contribution is 5.42. The molecule has 0 spiro atoms. The first-order valence-corrected chi connectivity index (χ1v) is 6.75. The SMILES string of the molecule is COc1cccc(COc2cc(OC)ccc2C(C)O)c1. The molecule has 0 radical (unpaired) electrons. The van der Waals surface area contributed by atoms with Crippen molar-refractivity contribution < 1.29 is 19.3 Å². The van der Waals surface area contributed by atoms with Crippen LogP contribution >= 0.6 is 0 Å². The van der Waals surface area contributed by atoms with Crippen LogP contribution in [-0.2, 0) is 6.61 Å². The van der Waals surface area contributed by atoms with Crippen molar-refractivity contribution in [3.63, 3.8) is 0 Å². The van der Waals surface area contributed by atoms with Crippen molar-refractivity contribution in [1.82, 2.24) is 0 Å². The third-order valence-electron chi connectivity index (χ3n) is 3.20. The Balaban J connectivity index is 2.17. The molecule has 0 heterocycles. The van der Waals surface area contributed by atoms with Gasteiger partial charge in [-0.15, -0.1) is 0 Å². The summed E-state index contributed by atoms with van der Waals surface area (Å²) in [5.41, 5.74) is 1.73. The second kappa shape index (κ2) is 6.99. The summed E-state index contributed by atoms with van der Waals surface area (Å²) in [5.74, 6) is 2.10. The molecule has 0 aromatic heterocycles. The summed E-state index contributed by atoms with van der Waals surface area (Å²) in [4.78, 5) is 0. The van der Waals surface area contributed by atoms with E-state index in [0.29, 0.717) is 18.1 Å². The Bertz CT molecular complexity index is 593. The molecule has 2 aromatic carbocycles. The van der Waals surface area contributed by atoms with E-state index in [0.717, 1.165) is 16.9 Å². The molecule has 1 unspecified atom stereocenters. The van der Waals surface area contributed by atoms with Crippen LogP contribution in [0.4, 0.5) is 0 Å². The third-order valence-corrected chi connectivity index (χ3v) is 3.20. The molecule has 1 atom stereocenters. The first kappa shape index (κ1) is 15.2. The summed E-state index contributed by atoms with van der Waals surface area (Å²) in [7, 11) is 3.23. The fourth-order valence-electron chi connectivity index (χ4n) is 2.04. The first-order valence-electron chi connectivity index (χ1n) is 6.75. The molecule has 0 aliphatic rings. The van der Waals surface area contributed by atoms with Crippen molar-refractivity contribution in [3.05, 3.63) is 53.6 Å². The monoisotopic (exact) mass is 288 g/mol. The second-order valence-corrected chi connectivity index (χ2v) is 4.72. The molecule has 0 saturated heterocycles. The van der Waals surface area contributed by atoms with Crippen LogP contribution in [0.5, 0.6) is 17.2 Å². The minimum atomic E-state index is -0.601. The number of hydrogen-bond donors (Lipinski definition) is 1. The molecule has 4 heteroatoms. The van der Waals surface area contributed by atoms with Gasteiger partial charge >= 0.3 is 0 Å². The van der Waals surface area contributed by atoms with Gasteiger partial charge in [0, 0.05) is 11.6 Å². The van der Waals surface area contributed by atoms with Crippen molar-refractivity contribution in [1.29, 1.82) is 0 Å². The minimum Gasteiger partial charge on any atom is -0.497 e. The van der Waals surface area contributed by atoms with Crippen LogP contribution in [-0.4, -0.2) is 19.3 Å². The Morgan fingerprint density at radius 2 is 1.71 bits per heavy atom. The van der Waals surface area contributed by atoms with Crippen molar-refractivity contribution in [2.24, 2.45) is 0 Å². The van der Waals surface area contributed by atoms with Gasteiger partial charge in [0.25, 0.3) is 0 Å². The summed E-state index contributed by atoms with van der Waals surface area (Å²) in [6, 6.07) is 13.1. The van der Waals surface area contributed by atoms with E-state index in [-0.39, 0.29) is 0 Å². The fraction of sp³-hybridized carbons (Fsp3) is 0.294. The van der Waals surface area contributed by atoms with E-state index < -0.39 is 6.10 Å². The van der Waals surface area contributed by atoms with E-state index in [9.17, 15) is 5.11 Å². The number of methoxy groups -OCH3 is 2. The van der Waals surface area contributed by atoms with Crippen LogP contribution in [0.2, 0.25) is 0 Å². The lowest BCUT2D eigenvalue weighted by molar-refractivity contribution is 0.190. The Hall–Kier alpha value is -2.20. The van der Waals surface area contributed by atoms with Gasteiger partial charge in [0.1, 0.15) is 23.9 Å². The highest BCUT2D eigenvalue weighted by Gasteiger charge is 2.11. The van der Waals surface area contributed by atoms with Crippen molar-refractivity contribution in [2.45, 2.75) is 19.6 Å². The highest BCUT2D eigenvalue weighted by atomic mass is 16.5. The van der Waals surface area contributed by atoms with Crippen LogP contribution in [0.25, 0.3) is 0 Å². The van der Waals surface area contributed by atoms with E-state index in [1.165, 1.54) is 0 Å². The van der Waals surface area contributed by atoms with Gasteiger partial charge in [0.15, 0.2) is 0 Å². The Morgan fingerprint density at radius 1 is 1.00 bits per heavy atom. The van der Waals surface area contributed by atoms with Crippen molar-refractivity contribution >= 4 is 0 Å². The molecule has 21 heavy (non-hydrogen) atoms. The van der Waals surface area contributed by atoms with E-state index in [4.69, 9.17) is 14.2 Å². The number of benzene rings is 2. The van der Waals surface area contributed by atoms with Crippen LogP contribution in [0.1, 0.15) is 24.2 Å². The number of aliphatic hydroxyl groups is 1. The van der Waals surface area contributed by atoms with Gasteiger partial charge < -0.3 is 19.3 Å². The van der Waals surface area contributed by atoms with Crippen LogP contribution in [0, 0.1) is 0 Å². The van der Waals surface area contributed by atoms with Gasteiger partial charge in [-0.1, -0.05) is 12.1 Å². The molecule has 2 rings (SSSR count). The maximum atomic E-state index is 9.81. The minimum absolute atomic E-state index is 0.393. The van der Waals surface area contributed by atoms with Crippen LogP contribution in [0.15, 0.2) is 42.5 Å². The largest absolute Gasteiger partial charge is 0.497 e. The molecular formula is C17H20O4. The summed E-state index contributed by atoms with van der Waals surface area (Å²) in [6.45, 7) is 2.10. The summed E-state index contributed by atoms with van der Waals surface area (Å²) in [6.07, 6.45) is -0.601. The summed E-state index contributed by atoms with van der Waals surface area (Å²) < 4.78 is 16.2. The summed E-state index contributed by atoms with van der Waals surface area (Å²) >= 11 is 0. The lowest BCUT2D eigenvalue weighted by Crippen LogP contribution is -2.01. The zero-order valence-electron chi connectivity index (χ0n) is 12.5. The molecule has 1 N–H and O–H groups in total. The van der Waals surface area contributed by atoms with E-state index in [2.05, 4.69) is 0 Å². The zero-order chi connectivity index (χ0) is 15.2. The van der Waals surface area contributed by atoms with E-state index >= 15 is 0 Å². The van der Waals surface area contributed by atoms with E-state index in [1.807, 2.05) is 30.3 Å². The van der Waals surface area contributed by atoms with Crippen LogP contribution in [0.3, 0.4) is 0 Å². The number of aliphatic hydroxyl groups excluding tert-OH is 1. The lowest BCUT2D eigenvalue weighted by Gasteiger charge is -2.15. The molecule has 0 aliphatic carbocycles. The molecule has 112 valence electrons. The smallest absolute Gasteiger partial charge is 0.129 e. The molecule has 0 bridgehead atoms. The quantitative estimate of drug-likeness (QED) is 0.885. The van der Waals surface area contributed by atoms with Gasteiger partial charge in [0.05, 0.1) is 20.3 Å². The average molecular weight is 288 g/mol. The van der Waals surface area contributed by atoms with Crippen molar-refractivity contribution in [2.75, 3.05) is 14.2 Å². The number of rotatable bonds is 6. The Labute approximate surface area is 124 Å². The number of ether oxygens (including phenoxy) is 3. The molecule has 0 aliphatic heterocycles. The maximum Gasteiger partial charge on any atom is 0.129 e. The Kier molecular flexibility index (Phi) is 5.06. The topological polar surface area (TPSA) is 47.9 Å². The lowest BCUT2D eigenvalue weighted by atomic mass is 10.1. The Morgan fingerprint density at radius 3 is 2.38 bits per heavy atom. The third kappa shape index (κ3) is 3.89. The van der Waals surface area contributed by atoms with Gasteiger partial charge in [-0.2, -0.15) is 0 Å². The zero-order valence-corrected chi connectivity index (χ0v) is 12.5. The normalized spacial score (nSPS) is 11.8. The highest BCUT2D eigenvalue weighted by Crippen LogP contribution is 2.30. The van der Waals surface area contributed by atoms with E-state index in [1.54, 1.807) is 33.3 Å². The van der Waals surface area contributed by atoms with Gasteiger partial charge in [-0.05, 0) is 36.8 Å².